The van der Waals surface area contributed by atoms with Gasteiger partial charge in [-0.05, 0) is 18.7 Å². The maximum atomic E-state index is 3.37. The van der Waals surface area contributed by atoms with Crippen LogP contribution in [0.3, 0.4) is 0 Å². The lowest BCUT2D eigenvalue weighted by molar-refractivity contribution is 0.649. The monoisotopic (exact) mass is 148 g/mol. The third-order valence-corrected chi connectivity index (χ3v) is 2.12. The number of rotatable bonds is 1. The molecular formula is C9H12N2. The van der Waals surface area contributed by atoms with Crippen LogP contribution in [0.25, 0.3) is 0 Å². The zero-order chi connectivity index (χ0) is 7.68. The standard InChI is InChI=1S/C9H12N2/c1-10-9-6-7-4-2-3-5-8(7)11-9/h2-5,9-11H,6H2,1H3/t9-/m1/s1. The van der Waals surface area contributed by atoms with E-state index in [1.54, 1.807) is 0 Å². The molecule has 1 aliphatic heterocycles. The van der Waals surface area contributed by atoms with Crippen LogP contribution < -0.4 is 10.6 Å². The average molecular weight is 148 g/mol. The first-order valence-corrected chi connectivity index (χ1v) is 3.92. The largest absolute Gasteiger partial charge is 0.369 e. The van der Waals surface area contributed by atoms with Gasteiger partial charge in [-0.1, -0.05) is 18.2 Å². The van der Waals surface area contributed by atoms with Gasteiger partial charge < -0.3 is 10.6 Å². The molecule has 1 aromatic carbocycles. The molecule has 2 nitrogen and oxygen atoms in total. The summed E-state index contributed by atoms with van der Waals surface area (Å²) in [5.41, 5.74) is 2.68. The molecule has 11 heavy (non-hydrogen) atoms. The van der Waals surface area contributed by atoms with E-state index in [9.17, 15) is 0 Å². The van der Waals surface area contributed by atoms with Crippen molar-refractivity contribution in [1.29, 1.82) is 0 Å². The fourth-order valence-electron chi connectivity index (χ4n) is 1.47. The SMILES string of the molecule is CN[C@H]1Cc2ccccc2N1. The van der Waals surface area contributed by atoms with Gasteiger partial charge in [0.15, 0.2) is 0 Å². The van der Waals surface area contributed by atoms with Crippen molar-refractivity contribution in [2.24, 2.45) is 0 Å². The maximum Gasteiger partial charge on any atom is 0.0807 e. The van der Waals surface area contributed by atoms with E-state index in [-0.39, 0.29) is 0 Å². The van der Waals surface area contributed by atoms with Crippen LogP contribution in [-0.4, -0.2) is 13.2 Å². The maximum absolute atomic E-state index is 3.37. The normalized spacial score (nSPS) is 21.0. The van der Waals surface area contributed by atoms with Crippen LogP contribution in [0.1, 0.15) is 5.56 Å². The van der Waals surface area contributed by atoms with Crippen LogP contribution in [0, 0.1) is 0 Å². The number of benzene rings is 1. The van der Waals surface area contributed by atoms with Crippen molar-refractivity contribution in [1.82, 2.24) is 5.32 Å². The molecule has 2 N–H and O–H groups in total. The first-order valence-electron chi connectivity index (χ1n) is 3.92. The lowest BCUT2D eigenvalue weighted by Crippen LogP contribution is -2.30. The van der Waals surface area contributed by atoms with E-state index in [0.29, 0.717) is 6.17 Å². The first-order chi connectivity index (χ1) is 5.40. The van der Waals surface area contributed by atoms with Crippen molar-refractivity contribution < 1.29 is 0 Å². The Bertz CT molecular complexity index is 232. The van der Waals surface area contributed by atoms with Crippen LogP contribution in [-0.2, 0) is 6.42 Å². The molecule has 0 saturated carbocycles. The van der Waals surface area contributed by atoms with Gasteiger partial charge in [0, 0.05) is 12.1 Å². The third kappa shape index (κ3) is 1.10. The molecule has 1 aliphatic rings. The molecule has 2 heteroatoms. The fraction of sp³-hybridized carbons (Fsp3) is 0.333. The highest BCUT2D eigenvalue weighted by Gasteiger charge is 2.16. The number of anilines is 1. The second-order valence-corrected chi connectivity index (χ2v) is 2.85. The van der Waals surface area contributed by atoms with E-state index >= 15 is 0 Å². The Kier molecular flexibility index (Phi) is 1.55. The van der Waals surface area contributed by atoms with E-state index in [0.717, 1.165) is 6.42 Å². The number of fused-ring (bicyclic) bond motifs is 1. The molecule has 1 aromatic rings. The molecule has 1 atom stereocenters. The summed E-state index contributed by atoms with van der Waals surface area (Å²) in [4.78, 5) is 0. The topological polar surface area (TPSA) is 24.1 Å². The molecular weight excluding hydrogens is 136 g/mol. The van der Waals surface area contributed by atoms with Gasteiger partial charge in [-0.15, -0.1) is 0 Å². The summed E-state index contributed by atoms with van der Waals surface area (Å²) < 4.78 is 0. The van der Waals surface area contributed by atoms with E-state index in [4.69, 9.17) is 0 Å². The highest BCUT2D eigenvalue weighted by Crippen LogP contribution is 2.23. The van der Waals surface area contributed by atoms with Gasteiger partial charge in [-0.3, -0.25) is 0 Å². The Balaban J connectivity index is 2.27. The van der Waals surface area contributed by atoms with Crippen molar-refractivity contribution in [3.05, 3.63) is 29.8 Å². The number of nitrogens with one attached hydrogen (secondary N) is 2. The van der Waals surface area contributed by atoms with E-state index in [1.165, 1.54) is 11.3 Å². The Morgan fingerprint density at radius 2 is 2.27 bits per heavy atom. The molecule has 0 unspecified atom stereocenters. The van der Waals surface area contributed by atoms with Crippen molar-refractivity contribution in [2.75, 3.05) is 12.4 Å². The van der Waals surface area contributed by atoms with Crippen LogP contribution >= 0.6 is 0 Å². The summed E-state index contributed by atoms with van der Waals surface area (Å²) in [5.74, 6) is 0. The van der Waals surface area contributed by atoms with Crippen molar-refractivity contribution >= 4 is 5.69 Å². The van der Waals surface area contributed by atoms with E-state index < -0.39 is 0 Å². The predicted molar refractivity (Wildman–Crippen MR) is 46.6 cm³/mol. The second kappa shape index (κ2) is 2.55. The Morgan fingerprint density at radius 1 is 1.45 bits per heavy atom. The minimum atomic E-state index is 0.424. The second-order valence-electron chi connectivity index (χ2n) is 2.85. The van der Waals surface area contributed by atoms with Crippen LogP contribution in [0.4, 0.5) is 5.69 Å². The minimum Gasteiger partial charge on any atom is -0.369 e. The molecule has 0 bridgehead atoms. The number of para-hydroxylation sites is 1. The van der Waals surface area contributed by atoms with Crippen LogP contribution in [0.15, 0.2) is 24.3 Å². The summed E-state index contributed by atoms with van der Waals surface area (Å²) in [6.45, 7) is 0. The average Bonchev–Trinajstić information content (AvgIpc) is 2.46. The number of hydrogen-bond acceptors (Lipinski definition) is 2. The van der Waals surface area contributed by atoms with Crippen molar-refractivity contribution in [2.45, 2.75) is 12.6 Å². The van der Waals surface area contributed by atoms with E-state index in [2.05, 4.69) is 34.9 Å². The molecule has 0 spiro atoms. The molecule has 58 valence electrons. The Labute approximate surface area is 66.6 Å². The van der Waals surface area contributed by atoms with Gasteiger partial charge in [0.25, 0.3) is 0 Å². The molecule has 0 aromatic heterocycles. The molecule has 0 aliphatic carbocycles. The summed E-state index contributed by atoms with van der Waals surface area (Å²) in [6.07, 6.45) is 1.51. The quantitative estimate of drug-likeness (QED) is 0.625. The van der Waals surface area contributed by atoms with Gasteiger partial charge in [0.05, 0.1) is 6.17 Å². The molecule has 2 rings (SSSR count). The van der Waals surface area contributed by atoms with E-state index in [1.807, 2.05) is 7.05 Å². The van der Waals surface area contributed by atoms with Gasteiger partial charge >= 0.3 is 0 Å². The number of hydrogen-bond donors (Lipinski definition) is 2. The molecule has 1 heterocycles. The summed E-state index contributed by atoms with van der Waals surface area (Å²) in [6, 6.07) is 8.43. The van der Waals surface area contributed by atoms with Crippen molar-refractivity contribution in [3.63, 3.8) is 0 Å². The summed E-state index contributed by atoms with van der Waals surface area (Å²) in [7, 11) is 1.98. The zero-order valence-electron chi connectivity index (χ0n) is 6.59. The third-order valence-electron chi connectivity index (χ3n) is 2.12. The van der Waals surface area contributed by atoms with Gasteiger partial charge in [0.1, 0.15) is 0 Å². The lowest BCUT2D eigenvalue weighted by Gasteiger charge is -2.07. The van der Waals surface area contributed by atoms with Gasteiger partial charge in [0.2, 0.25) is 0 Å². The summed E-state index contributed by atoms with van der Waals surface area (Å²) in [5, 5.41) is 6.57. The lowest BCUT2D eigenvalue weighted by atomic mass is 10.1. The zero-order valence-corrected chi connectivity index (χ0v) is 6.59. The van der Waals surface area contributed by atoms with Crippen LogP contribution in [0.2, 0.25) is 0 Å². The minimum absolute atomic E-state index is 0.424. The Hall–Kier alpha value is -1.02. The summed E-state index contributed by atoms with van der Waals surface area (Å²) >= 11 is 0. The van der Waals surface area contributed by atoms with Gasteiger partial charge in [-0.25, -0.2) is 0 Å². The molecule has 0 fully saturated rings. The highest BCUT2D eigenvalue weighted by atomic mass is 15.1. The van der Waals surface area contributed by atoms with Gasteiger partial charge in [-0.2, -0.15) is 0 Å². The van der Waals surface area contributed by atoms with Crippen molar-refractivity contribution in [3.8, 4) is 0 Å². The number of likely N-dealkylation sites (N-methyl/N-ethyl adjacent to an activating group) is 1. The highest BCUT2D eigenvalue weighted by molar-refractivity contribution is 5.56. The Morgan fingerprint density at radius 3 is 3.00 bits per heavy atom. The van der Waals surface area contributed by atoms with Crippen LogP contribution in [0.5, 0.6) is 0 Å². The smallest absolute Gasteiger partial charge is 0.0807 e. The fourth-order valence-corrected chi connectivity index (χ4v) is 1.47. The molecule has 0 saturated heterocycles. The first kappa shape index (κ1) is 6.68. The predicted octanol–water partition coefficient (Wildman–Crippen LogP) is 1.20. The molecule has 0 amide bonds. The molecule has 0 radical (unpaired) electrons.